The molecule has 7 nitrogen and oxygen atoms in total. The van der Waals surface area contributed by atoms with Gasteiger partial charge in [0.25, 0.3) is 0 Å². The van der Waals surface area contributed by atoms with Crippen LogP contribution in [0.1, 0.15) is 10.4 Å². The lowest BCUT2D eigenvalue weighted by molar-refractivity contribution is 0.0178. The minimum atomic E-state index is -0.508. The van der Waals surface area contributed by atoms with E-state index in [4.69, 9.17) is 46.9 Å². The molecule has 0 aromatic heterocycles. The molecular formula is C27H29Cl2NO6. The molecule has 0 bridgehead atoms. The summed E-state index contributed by atoms with van der Waals surface area (Å²) in [4.78, 5) is 14.6. The van der Waals surface area contributed by atoms with Crippen molar-refractivity contribution in [1.29, 1.82) is 0 Å². The zero-order valence-corrected chi connectivity index (χ0v) is 21.8. The average molecular weight is 534 g/mol. The van der Waals surface area contributed by atoms with Gasteiger partial charge in [0.05, 0.1) is 40.1 Å². The van der Waals surface area contributed by atoms with Crippen molar-refractivity contribution < 1.29 is 28.5 Å². The third-order valence-electron chi connectivity index (χ3n) is 5.09. The summed E-state index contributed by atoms with van der Waals surface area (Å²) in [5.41, 5.74) is 2.74. The Labute approximate surface area is 221 Å². The summed E-state index contributed by atoms with van der Waals surface area (Å²) in [6.07, 6.45) is 0. The smallest absolute Gasteiger partial charge is 0.341 e. The number of benzene rings is 3. The van der Waals surface area contributed by atoms with Gasteiger partial charge in [-0.1, -0.05) is 23.2 Å². The van der Waals surface area contributed by atoms with Gasteiger partial charge in [0, 0.05) is 34.2 Å². The van der Waals surface area contributed by atoms with Crippen molar-refractivity contribution in [2.24, 2.45) is 0 Å². The van der Waals surface area contributed by atoms with Gasteiger partial charge < -0.3 is 28.6 Å². The summed E-state index contributed by atoms with van der Waals surface area (Å²) in [7, 11) is 2.96. The van der Waals surface area contributed by atoms with Crippen LogP contribution in [0.3, 0.4) is 0 Å². The third kappa shape index (κ3) is 8.11. The molecule has 0 aliphatic carbocycles. The molecule has 0 spiro atoms. The molecular weight excluding hydrogens is 505 g/mol. The van der Waals surface area contributed by atoms with Crippen LogP contribution in [0.5, 0.6) is 5.75 Å². The second-order valence-corrected chi connectivity index (χ2v) is 8.40. The number of esters is 1. The Bertz CT molecular complexity index is 1050. The highest BCUT2D eigenvalue weighted by molar-refractivity contribution is 6.31. The number of rotatable bonds is 14. The first-order valence-corrected chi connectivity index (χ1v) is 12.1. The fourth-order valence-electron chi connectivity index (χ4n) is 3.35. The molecule has 0 unspecified atom stereocenters. The monoisotopic (exact) mass is 533 g/mol. The number of hydrogen-bond acceptors (Lipinski definition) is 7. The molecule has 36 heavy (non-hydrogen) atoms. The number of carbonyl (C=O) groups excluding carboxylic acids is 1. The molecule has 9 heteroatoms. The highest BCUT2D eigenvalue weighted by Gasteiger charge is 2.19. The van der Waals surface area contributed by atoms with Crippen LogP contribution in [0.2, 0.25) is 10.0 Å². The number of ether oxygens (including phenoxy) is 5. The van der Waals surface area contributed by atoms with E-state index >= 15 is 0 Å². The first-order valence-electron chi connectivity index (χ1n) is 11.3. The highest BCUT2D eigenvalue weighted by atomic mass is 35.5. The minimum Gasteiger partial charge on any atom is -0.490 e. The largest absolute Gasteiger partial charge is 0.490 e. The highest BCUT2D eigenvalue weighted by Crippen LogP contribution is 2.37. The van der Waals surface area contributed by atoms with Gasteiger partial charge in [0.15, 0.2) is 0 Å². The Morgan fingerprint density at radius 1 is 0.694 bits per heavy atom. The number of hydrogen-bond donors (Lipinski definition) is 0. The van der Waals surface area contributed by atoms with E-state index in [0.717, 1.165) is 17.1 Å². The third-order valence-corrected chi connectivity index (χ3v) is 5.59. The molecule has 0 saturated carbocycles. The van der Waals surface area contributed by atoms with E-state index in [1.54, 1.807) is 43.5 Å². The standard InChI is InChI=1S/C27H29Cl2NO6/c1-32-13-14-34-15-16-35-17-18-36-26-12-11-24(19-25(26)27(31)33-2)30(22-7-3-20(28)4-8-22)23-9-5-21(29)6-10-23/h3-12,19H,13-18H2,1-2H3. The summed E-state index contributed by atoms with van der Waals surface area (Å²) in [5.74, 6) is -0.107. The summed E-state index contributed by atoms with van der Waals surface area (Å²) in [6, 6.07) is 20.2. The maximum absolute atomic E-state index is 12.6. The first kappa shape index (κ1) is 27.8. The van der Waals surface area contributed by atoms with Crippen molar-refractivity contribution in [1.82, 2.24) is 0 Å². The van der Waals surface area contributed by atoms with E-state index in [2.05, 4.69) is 0 Å². The van der Waals surface area contributed by atoms with Crippen molar-refractivity contribution >= 4 is 46.2 Å². The minimum absolute atomic E-state index is 0.263. The van der Waals surface area contributed by atoms with Crippen LogP contribution in [0.4, 0.5) is 17.1 Å². The molecule has 0 saturated heterocycles. The van der Waals surface area contributed by atoms with E-state index in [1.807, 2.05) is 35.2 Å². The van der Waals surface area contributed by atoms with E-state index in [0.29, 0.717) is 54.4 Å². The Kier molecular flexibility index (Phi) is 11.3. The maximum Gasteiger partial charge on any atom is 0.341 e. The molecule has 0 aliphatic heterocycles. The lowest BCUT2D eigenvalue weighted by Crippen LogP contribution is -2.15. The molecule has 0 N–H and O–H groups in total. The molecule has 3 aromatic rings. The van der Waals surface area contributed by atoms with Crippen LogP contribution in [0.25, 0.3) is 0 Å². The van der Waals surface area contributed by atoms with Crippen LogP contribution in [0.15, 0.2) is 66.7 Å². The number of methoxy groups -OCH3 is 2. The van der Waals surface area contributed by atoms with Gasteiger partial charge >= 0.3 is 5.97 Å². The number of nitrogens with zero attached hydrogens (tertiary/aromatic N) is 1. The molecule has 0 aliphatic rings. The SMILES string of the molecule is COCCOCCOCCOc1ccc(N(c2ccc(Cl)cc2)c2ccc(Cl)cc2)cc1C(=O)OC. The van der Waals surface area contributed by atoms with Crippen molar-refractivity contribution in [2.75, 3.05) is 58.8 Å². The molecule has 3 aromatic carbocycles. The van der Waals surface area contributed by atoms with Crippen LogP contribution in [-0.4, -0.2) is 59.8 Å². The quantitative estimate of drug-likeness (QED) is 0.177. The van der Waals surface area contributed by atoms with Gasteiger partial charge in [-0.25, -0.2) is 4.79 Å². The van der Waals surface area contributed by atoms with Gasteiger partial charge in [-0.2, -0.15) is 0 Å². The predicted molar refractivity (Wildman–Crippen MR) is 141 cm³/mol. The normalized spacial score (nSPS) is 10.8. The van der Waals surface area contributed by atoms with Gasteiger partial charge in [-0.05, 0) is 66.7 Å². The Balaban J connectivity index is 1.77. The zero-order valence-electron chi connectivity index (χ0n) is 20.2. The fourth-order valence-corrected chi connectivity index (χ4v) is 3.61. The molecule has 0 fully saturated rings. The predicted octanol–water partition coefficient (Wildman–Crippen LogP) is 6.31. The van der Waals surface area contributed by atoms with Crippen molar-refractivity contribution in [3.05, 3.63) is 82.3 Å². The van der Waals surface area contributed by atoms with Gasteiger partial charge in [-0.3, -0.25) is 0 Å². The maximum atomic E-state index is 12.6. The van der Waals surface area contributed by atoms with Gasteiger partial charge in [0.1, 0.15) is 17.9 Å². The zero-order chi connectivity index (χ0) is 25.8. The summed E-state index contributed by atoms with van der Waals surface area (Å²) >= 11 is 12.2. The van der Waals surface area contributed by atoms with E-state index < -0.39 is 5.97 Å². The molecule has 192 valence electrons. The Morgan fingerprint density at radius 3 is 1.72 bits per heavy atom. The molecule has 0 heterocycles. The van der Waals surface area contributed by atoms with E-state index in [-0.39, 0.29) is 6.61 Å². The van der Waals surface area contributed by atoms with Crippen LogP contribution in [-0.2, 0) is 18.9 Å². The second-order valence-electron chi connectivity index (χ2n) is 7.53. The van der Waals surface area contributed by atoms with E-state index in [1.165, 1.54) is 7.11 Å². The lowest BCUT2D eigenvalue weighted by atomic mass is 10.1. The number of carbonyl (C=O) groups is 1. The van der Waals surface area contributed by atoms with Crippen molar-refractivity contribution in [3.8, 4) is 5.75 Å². The lowest BCUT2D eigenvalue weighted by Gasteiger charge is -2.26. The van der Waals surface area contributed by atoms with Crippen LogP contribution in [0, 0.1) is 0 Å². The van der Waals surface area contributed by atoms with Crippen LogP contribution < -0.4 is 9.64 Å². The Morgan fingerprint density at radius 2 is 1.19 bits per heavy atom. The van der Waals surface area contributed by atoms with Crippen LogP contribution >= 0.6 is 23.2 Å². The molecule has 3 rings (SSSR count). The van der Waals surface area contributed by atoms with E-state index in [9.17, 15) is 4.79 Å². The average Bonchev–Trinajstić information content (AvgIpc) is 2.90. The topological polar surface area (TPSA) is 66.5 Å². The van der Waals surface area contributed by atoms with Gasteiger partial charge in [-0.15, -0.1) is 0 Å². The van der Waals surface area contributed by atoms with Crippen molar-refractivity contribution in [2.45, 2.75) is 0 Å². The number of anilines is 3. The van der Waals surface area contributed by atoms with Crippen molar-refractivity contribution in [3.63, 3.8) is 0 Å². The second kappa shape index (κ2) is 14.7. The summed E-state index contributed by atoms with van der Waals surface area (Å²) < 4.78 is 26.7. The van der Waals surface area contributed by atoms with Gasteiger partial charge in [0.2, 0.25) is 0 Å². The molecule has 0 amide bonds. The molecule has 0 radical (unpaired) electrons. The summed E-state index contributed by atoms with van der Waals surface area (Å²) in [6.45, 7) is 2.58. The molecule has 0 atom stereocenters. The Hall–Kier alpha value is -2.81. The number of halogens is 2. The fraction of sp³-hybridized carbons (Fsp3) is 0.296. The first-order chi connectivity index (χ1) is 17.5. The summed E-state index contributed by atoms with van der Waals surface area (Å²) in [5, 5.41) is 1.25.